The van der Waals surface area contributed by atoms with Crippen molar-refractivity contribution in [3.8, 4) is 0 Å². The lowest BCUT2D eigenvalue weighted by molar-refractivity contribution is 1.50. The van der Waals surface area contributed by atoms with Crippen LogP contribution in [0.1, 0.15) is 16.7 Å². The third-order valence-electron chi connectivity index (χ3n) is 3.86. The number of nitrogens with one attached hydrogen (secondary N) is 1. The Bertz CT molecular complexity index is 805. The molecule has 1 heteroatoms. The quantitative estimate of drug-likeness (QED) is 0.777. The summed E-state index contributed by atoms with van der Waals surface area (Å²) >= 11 is 0. The molecule has 0 bridgehead atoms. The molecule has 0 atom stereocenters. The number of fused-ring (bicyclic) bond motifs is 3. The van der Waals surface area contributed by atoms with Gasteiger partial charge in [-0.2, -0.15) is 0 Å². The average molecular weight is 255 g/mol. The smallest absolute Gasteiger partial charge is 0.0624 e. The van der Waals surface area contributed by atoms with Crippen LogP contribution in [0.3, 0.4) is 0 Å². The van der Waals surface area contributed by atoms with Gasteiger partial charge in [0.25, 0.3) is 0 Å². The van der Waals surface area contributed by atoms with Gasteiger partial charge in [0, 0.05) is 5.57 Å². The molecule has 0 aliphatic heterocycles. The molecule has 0 unspecified atom stereocenters. The zero-order chi connectivity index (χ0) is 13.5. The Labute approximate surface area is 118 Å². The van der Waals surface area contributed by atoms with Gasteiger partial charge in [-0.3, -0.25) is 0 Å². The van der Waals surface area contributed by atoms with Crippen LogP contribution in [0.25, 0.3) is 11.1 Å². The molecule has 2 aliphatic rings. The van der Waals surface area contributed by atoms with Gasteiger partial charge in [-0.1, -0.05) is 66.7 Å². The van der Waals surface area contributed by atoms with E-state index in [0.29, 0.717) is 5.71 Å². The average Bonchev–Trinajstić information content (AvgIpc) is 2.84. The van der Waals surface area contributed by atoms with Gasteiger partial charge in [0.05, 0.1) is 5.71 Å². The zero-order valence-electron chi connectivity index (χ0n) is 10.9. The first kappa shape index (κ1) is 11.2. The molecule has 0 heterocycles. The molecule has 0 aromatic heterocycles. The van der Waals surface area contributed by atoms with Crippen LogP contribution >= 0.6 is 0 Å². The maximum atomic E-state index is 8.29. The lowest BCUT2D eigenvalue weighted by Gasteiger charge is -2.11. The fraction of sp³-hybridized carbons (Fsp3) is 0. The van der Waals surface area contributed by atoms with Gasteiger partial charge in [0.15, 0.2) is 0 Å². The van der Waals surface area contributed by atoms with Crippen molar-refractivity contribution in [2.24, 2.45) is 0 Å². The molecule has 0 fully saturated rings. The van der Waals surface area contributed by atoms with E-state index < -0.39 is 0 Å². The molecule has 0 amide bonds. The molecule has 0 saturated carbocycles. The normalized spacial score (nSPS) is 16.0. The van der Waals surface area contributed by atoms with Crippen LogP contribution in [-0.2, 0) is 0 Å². The van der Waals surface area contributed by atoms with E-state index >= 15 is 0 Å². The highest BCUT2D eigenvalue weighted by Crippen LogP contribution is 2.45. The van der Waals surface area contributed by atoms with Crippen LogP contribution in [0.4, 0.5) is 0 Å². The van der Waals surface area contributed by atoms with Gasteiger partial charge >= 0.3 is 0 Å². The summed E-state index contributed by atoms with van der Waals surface area (Å²) in [4.78, 5) is 0. The Kier molecular flexibility index (Phi) is 2.33. The number of hydrogen-bond donors (Lipinski definition) is 1. The predicted octanol–water partition coefficient (Wildman–Crippen LogP) is 4.48. The molecule has 4 rings (SSSR count). The molecule has 1 N–H and O–H groups in total. The molecule has 0 saturated heterocycles. The summed E-state index contributed by atoms with van der Waals surface area (Å²) in [5.41, 5.74) is 7.65. The minimum atomic E-state index is 0.595. The van der Waals surface area contributed by atoms with E-state index in [0.717, 1.165) is 5.57 Å². The Hall–Kier alpha value is -2.67. The van der Waals surface area contributed by atoms with Gasteiger partial charge in [-0.15, -0.1) is 0 Å². The summed E-state index contributed by atoms with van der Waals surface area (Å²) in [5, 5.41) is 8.29. The monoisotopic (exact) mass is 255 g/mol. The lowest BCUT2D eigenvalue weighted by Crippen LogP contribution is -2.02. The Morgan fingerprint density at radius 1 is 0.700 bits per heavy atom. The molecule has 2 aliphatic carbocycles. The van der Waals surface area contributed by atoms with Gasteiger partial charge < -0.3 is 5.41 Å². The van der Waals surface area contributed by atoms with Gasteiger partial charge in [-0.25, -0.2) is 0 Å². The predicted molar refractivity (Wildman–Crippen MR) is 83.7 cm³/mol. The molecule has 0 spiro atoms. The van der Waals surface area contributed by atoms with Gasteiger partial charge in [-0.05, 0) is 33.9 Å². The minimum absolute atomic E-state index is 0.595. The maximum absolute atomic E-state index is 8.29. The summed E-state index contributed by atoms with van der Waals surface area (Å²) in [6.45, 7) is 0. The molecule has 0 radical (unpaired) electrons. The first-order valence-corrected chi connectivity index (χ1v) is 6.73. The summed E-state index contributed by atoms with van der Waals surface area (Å²) in [6, 6.07) is 18.8. The molecule has 1 nitrogen and oxygen atoms in total. The van der Waals surface area contributed by atoms with Crippen LogP contribution < -0.4 is 0 Å². The van der Waals surface area contributed by atoms with E-state index in [9.17, 15) is 0 Å². The van der Waals surface area contributed by atoms with E-state index in [4.69, 9.17) is 5.41 Å². The van der Waals surface area contributed by atoms with Crippen LogP contribution in [0.5, 0.6) is 0 Å². The number of allylic oxidation sites excluding steroid dienone is 5. The highest BCUT2D eigenvalue weighted by atomic mass is 14.5. The maximum Gasteiger partial charge on any atom is 0.0624 e. The minimum Gasteiger partial charge on any atom is -0.300 e. The summed E-state index contributed by atoms with van der Waals surface area (Å²) in [6.07, 6.45) is 5.95. The second-order valence-electron chi connectivity index (χ2n) is 5.01. The van der Waals surface area contributed by atoms with Crippen LogP contribution in [-0.4, -0.2) is 5.71 Å². The van der Waals surface area contributed by atoms with E-state index in [2.05, 4.69) is 54.6 Å². The molecular weight excluding hydrogens is 242 g/mol. The van der Waals surface area contributed by atoms with Crippen molar-refractivity contribution in [2.75, 3.05) is 0 Å². The summed E-state index contributed by atoms with van der Waals surface area (Å²) in [5.74, 6) is 0. The SMILES string of the molecule is N=C1C=CC=C2C1=C(c1ccccc1)c1ccccc12. The van der Waals surface area contributed by atoms with Crippen LogP contribution in [0.15, 0.2) is 78.4 Å². The summed E-state index contributed by atoms with van der Waals surface area (Å²) in [7, 11) is 0. The largest absolute Gasteiger partial charge is 0.300 e. The highest BCUT2D eigenvalue weighted by molar-refractivity contribution is 6.28. The molecule has 94 valence electrons. The standard InChI is InChI=1S/C19H13N/c20-17-12-6-11-16-14-9-4-5-10-15(14)18(19(16)17)13-7-2-1-3-8-13/h1-12,20H. The zero-order valence-corrected chi connectivity index (χ0v) is 10.9. The second-order valence-corrected chi connectivity index (χ2v) is 5.01. The first-order chi connectivity index (χ1) is 9.86. The van der Waals surface area contributed by atoms with Crippen molar-refractivity contribution in [3.05, 3.63) is 95.1 Å². The van der Waals surface area contributed by atoms with Crippen molar-refractivity contribution in [1.82, 2.24) is 0 Å². The molecule has 20 heavy (non-hydrogen) atoms. The van der Waals surface area contributed by atoms with E-state index in [-0.39, 0.29) is 0 Å². The third-order valence-corrected chi connectivity index (χ3v) is 3.86. The van der Waals surface area contributed by atoms with Crippen molar-refractivity contribution in [2.45, 2.75) is 0 Å². The van der Waals surface area contributed by atoms with Crippen molar-refractivity contribution in [1.29, 1.82) is 5.41 Å². The van der Waals surface area contributed by atoms with E-state index in [1.807, 2.05) is 18.2 Å². The fourth-order valence-electron chi connectivity index (χ4n) is 3.02. The van der Waals surface area contributed by atoms with Crippen molar-refractivity contribution in [3.63, 3.8) is 0 Å². The summed E-state index contributed by atoms with van der Waals surface area (Å²) < 4.78 is 0. The number of hydrogen-bond acceptors (Lipinski definition) is 1. The third kappa shape index (κ3) is 1.47. The Balaban J connectivity index is 2.08. The topological polar surface area (TPSA) is 23.9 Å². The van der Waals surface area contributed by atoms with Crippen LogP contribution in [0, 0.1) is 5.41 Å². The first-order valence-electron chi connectivity index (χ1n) is 6.73. The van der Waals surface area contributed by atoms with Gasteiger partial charge in [0.2, 0.25) is 0 Å². The van der Waals surface area contributed by atoms with E-state index in [1.54, 1.807) is 0 Å². The van der Waals surface area contributed by atoms with Crippen LogP contribution in [0.2, 0.25) is 0 Å². The second kappa shape index (κ2) is 4.17. The highest BCUT2D eigenvalue weighted by Gasteiger charge is 2.29. The Morgan fingerprint density at radius 2 is 1.40 bits per heavy atom. The van der Waals surface area contributed by atoms with Crippen molar-refractivity contribution < 1.29 is 0 Å². The number of benzene rings is 2. The van der Waals surface area contributed by atoms with E-state index in [1.165, 1.54) is 27.8 Å². The fourth-order valence-corrected chi connectivity index (χ4v) is 3.02. The molecular formula is C19H13N. The number of rotatable bonds is 1. The molecule has 2 aromatic rings. The Morgan fingerprint density at radius 3 is 2.20 bits per heavy atom. The lowest BCUT2D eigenvalue weighted by atomic mass is 9.92. The van der Waals surface area contributed by atoms with Gasteiger partial charge in [0.1, 0.15) is 0 Å². The molecule has 2 aromatic carbocycles. The van der Waals surface area contributed by atoms with Crippen molar-refractivity contribution >= 4 is 16.9 Å².